The van der Waals surface area contributed by atoms with E-state index < -0.39 is 0 Å². The highest BCUT2D eigenvalue weighted by atomic mass is 32.1. The van der Waals surface area contributed by atoms with E-state index in [-0.39, 0.29) is 6.04 Å². The smallest absolute Gasteiger partial charge is 0.111 e. The Bertz CT molecular complexity index is 689. The van der Waals surface area contributed by atoms with E-state index in [4.69, 9.17) is 4.98 Å². The Morgan fingerprint density at radius 3 is 2.90 bits per heavy atom. The number of aryl methyl sites for hydroxylation is 1. The van der Waals surface area contributed by atoms with Gasteiger partial charge in [0.05, 0.1) is 22.8 Å². The summed E-state index contributed by atoms with van der Waals surface area (Å²) in [5.41, 5.74) is 3.22. The van der Waals surface area contributed by atoms with Crippen LogP contribution in [0.2, 0.25) is 0 Å². The summed E-state index contributed by atoms with van der Waals surface area (Å²) in [5, 5.41) is 9.45. The third-order valence-electron chi connectivity index (χ3n) is 3.52. The molecule has 1 N–H and O–H groups in total. The fourth-order valence-corrected chi connectivity index (χ4v) is 3.00. The highest BCUT2D eigenvalue weighted by Gasteiger charge is 2.17. The Hall–Kier alpha value is -1.79. The molecule has 1 aromatic carbocycles. The highest BCUT2D eigenvalue weighted by molar-refractivity contribution is 7.03. The molecule has 6 heteroatoms. The SMILES string of the molecule is CCn1c(CC(NC)c2csnn2)nc2ccccc21. The van der Waals surface area contributed by atoms with Gasteiger partial charge in [-0.25, -0.2) is 4.98 Å². The lowest BCUT2D eigenvalue weighted by Crippen LogP contribution is -2.21. The van der Waals surface area contributed by atoms with Crippen molar-refractivity contribution in [1.29, 1.82) is 0 Å². The zero-order valence-electron chi connectivity index (χ0n) is 11.6. The zero-order valence-corrected chi connectivity index (χ0v) is 12.4. The number of hydrogen-bond donors (Lipinski definition) is 1. The van der Waals surface area contributed by atoms with Crippen molar-refractivity contribution in [1.82, 2.24) is 24.5 Å². The van der Waals surface area contributed by atoms with Gasteiger partial charge in [-0.3, -0.25) is 0 Å². The second kappa shape index (κ2) is 5.68. The maximum Gasteiger partial charge on any atom is 0.111 e. The maximum absolute atomic E-state index is 4.76. The predicted octanol–water partition coefficient (Wildman–Crippen LogP) is 2.41. The Morgan fingerprint density at radius 1 is 1.35 bits per heavy atom. The predicted molar refractivity (Wildman–Crippen MR) is 80.8 cm³/mol. The lowest BCUT2D eigenvalue weighted by atomic mass is 10.1. The van der Waals surface area contributed by atoms with E-state index in [1.165, 1.54) is 17.0 Å². The van der Waals surface area contributed by atoms with Crippen molar-refractivity contribution in [3.05, 3.63) is 41.2 Å². The van der Waals surface area contributed by atoms with Gasteiger partial charge in [0.15, 0.2) is 0 Å². The van der Waals surface area contributed by atoms with Gasteiger partial charge in [0.1, 0.15) is 5.82 Å². The molecule has 20 heavy (non-hydrogen) atoms. The van der Waals surface area contributed by atoms with Gasteiger partial charge in [0, 0.05) is 18.3 Å². The summed E-state index contributed by atoms with van der Waals surface area (Å²) in [6.45, 7) is 3.07. The molecular formula is C14H17N5S. The van der Waals surface area contributed by atoms with Crippen molar-refractivity contribution in [3.8, 4) is 0 Å². The summed E-state index contributed by atoms with van der Waals surface area (Å²) in [5.74, 6) is 1.08. The number of fused-ring (bicyclic) bond motifs is 1. The van der Waals surface area contributed by atoms with E-state index in [9.17, 15) is 0 Å². The number of nitrogens with one attached hydrogen (secondary N) is 1. The first-order valence-electron chi connectivity index (χ1n) is 6.71. The Morgan fingerprint density at radius 2 is 2.20 bits per heavy atom. The van der Waals surface area contributed by atoms with E-state index in [2.05, 4.69) is 44.6 Å². The van der Waals surface area contributed by atoms with Crippen molar-refractivity contribution >= 4 is 22.6 Å². The lowest BCUT2D eigenvalue weighted by Gasteiger charge is -2.14. The normalized spacial score (nSPS) is 12.9. The molecule has 0 amide bonds. The summed E-state index contributed by atoms with van der Waals surface area (Å²) in [4.78, 5) is 4.76. The van der Waals surface area contributed by atoms with E-state index in [1.54, 1.807) is 0 Å². The standard InChI is InChI=1S/C14H17N5S/c1-3-19-13-7-5-4-6-10(13)16-14(19)8-11(15-2)12-9-20-18-17-12/h4-7,9,11,15H,3,8H2,1-2H3. The number of nitrogens with zero attached hydrogens (tertiary/aromatic N) is 4. The molecule has 0 bridgehead atoms. The van der Waals surface area contributed by atoms with Crippen LogP contribution < -0.4 is 5.32 Å². The molecule has 0 aliphatic heterocycles. The van der Waals surface area contributed by atoms with Crippen LogP contribution in [-0.2, 0) is 13.0 Å². The third-order valence-corrected chi connectivity index (χ3v) is 4.04. The minimum atomic E-state index is 0.149. The van der Waals surface area contributed by atoms with Gasteiger partial charge >= 0.3 is 0 Å². The Labute approximate surface area is 121 Å². The van der Waals surface area contributed by atoms with Crippen LogP contribution in [0.5, 0.6) is 0 Å². The first-order valence-corrected chi connectivity index (χ1v) is 7.55. The Kier molecular flexibility index (Phi) is 3.75. The van der Waals surface area contributed by atoms with Crippen molar-refractivity contribution in [2.24, 2.45) is 0 Å². The molecule has 104 valence electrons. The summed E-state index contributed by atoms with van der Waals surface area (Å²) < 4.78 is 6.21. The quantitative estimate of drug-likeness (QED) is 0.783. The number of benzene rings is 1. The fraction of sp³-hybridized carbons (Fsp3) is 0.357. The number of hydrogen-bond acceptors (Lipinski definition) is 5. The molecule has 0 aliphatic carbocycles. The van der Waals surface area contributed by atoms with Crippen LogP contribution >= 0.6 is 11.5 Å². The van der Waals surface area contributed by atoms with Crippen LogP contribution in [0.25, 0.3) is 11.0 Å². The largest absolute Gasteiger partial charge is 0.328 e. The summed E-state index contributed by atoms with van der Waals surface area (Å²) in [6, 6.07) is 8.41. The van der Waals surface area contributed by atoms with Crippen LogP contribution in [0.3, 0.4) is 0 Å². The first kappa shape index (κ1) is 13.2. The van der Waals surface area contributed by atoms with Gasteiger partial charge in [0.25, 0.3) is 0 Å². The topological polar surface area (TPSA) is 55.6 Å². The van der Waals surface area contributed by atoms with Crippen molar-refractivity contribution < 1.29 is 0 Å². The minimum Gasteiger partial charge on any atom is -0.328 e. The summed E-state index contributed by atoms with van der Waals surface area (Å²) in [7, 11) is 1.95. The molecule has 0 radical (unpaired) electrons. The van der Waals surface area contributed by atoms with Gasteiger partial charge in [-0.15, -0.1) is 5.10 Å². The second-order valence-corrected chi connectivity index (χ2v) is 5.25. The molecule has 0 aliphatic rings. The molecule has 2 aromatic heterocycles. The van der Waals surface area contributed by atoms with Crippen LogP contribution in [0.4, 0.5) is 0 Å². The number of imidazole rings is 1. The molecule has 0 spiro atoms. The molecule has 0 fully saturated rings. The molecule has 1 atom stereocenters. The monoisotopic (exact) mass is 287 g/mol. The van der Waals surface area contributed by atoms with Crippen LogP contribution in [0.15, 0.2) is 29.6 Å². The van der Waals surface area contributed by atoms with E-state index in [0.29, 0.717) is 0 Å². The van der Waals surface area contributed by atoms with Gasteiger partial charge in [-0.05, 0) is 37.6 Å². The molecular weight excluding hydrogens is 270 g/mol. The average Bonchev–Trinajstić information content (AvgIpc) is 3.11. The third kappa shape index (κ3) is 2.32. The van der Waals surface area contributed by atoms with Crippen molar-refractivity contribution in [2.75, 3.05) is 7.05 Å². The average molecular weight is 287 g/mol. The van der Waals surface area contributed by atoms with Gasteiger partial charge in [-0.1, -0.05) is 16.6 Å². The van der Waals surface area contributed by atoms with Crippen LogP contribution in [-0.4, -0.2) is 26.2 Å². The van der Waals surface area contributed by atoms with Crippen LogP contribution in [0.1, 0.15) is 24.5 Å². The van der Waals surface area contributed by atoms with E-state index >= 15 is 0 Å². The van der Waals surface area contributed by atoms with Crippen molar-refractivity contribution in [2.45, 2.75) is 25.9 Å². The molecule has 2 heterocycles. The Balaban J connectivity index is 1.97. The zero-order chi connectivity index (χ0) is 13.9. The van der Waals surface area contributed by atoms with Gasteiger partial charge in [0.2, 0.25) is 0 Å². The van der Waals surface area contributed by atoms with E-state index in [0.717, 1.165) is 30.0 Å². The van der Waals surface area contributed by atoms with Crippen LogP contribution in [0, 0.1) is 0 Å². The molecule has 1 unspecified atom stereocenters. The lowest BCUT2D eigenvalue weighted by molar-refractivity contribution is 0.543. The van der Waals surface area contributed by atoms with E-state index in [1.807, 2.05) is 18.5 Å². The molecule has 3 aromatic rings. The fourth-order valence-electron chi connectivity index (χ4n) is 2.49. The number of para-hydroxylation sites is 2. The van der Waals surface area contributed by atoms with Crippen molar-refractivity contribution in [3.63, 3.8) is 0 Å². The van der Waals surface area contributed by atoms with Gasteiger partial charge in [-0.2, -0.15) is 0 Å². The molecule has 0 saturated heterocycles. The van der Waals surface area contributed by atoms with Gasteiger partial charge < -0.3 is 9.88 Å². The minimum absolute atomic E-state index is 0.149. The summed E-state index contributed by atoms with van der Waals surface area (Å²) >= 11 is 1.38. The number of likely N-dealkylation sites (N-methyl/N-ethyl adjacent to an activating group) is 1. The summed E-state index contributed by atoms with van der Waals surface area (Å²) in [6.07, 6.45) is 0.810. The first-order chi connectivity index (χ1) is 9.83. The molecule has 3 rings (SSSR count). The highest BCUT2D eigenvalue weighted by Crippen LogP contribution is 2.21. The molecule has 5 nitrogen and oxygen atoms in total. The maximum atomic E-state index is 4.76. The molecule has 0 saturated carbocycles. The second-order valence-electron chi connectivity index (χ2n) is 4.64. The number of rotatable bonds is 5. The number of aromatic nitrogens is 4.